The smallest absolute Gasteiger partial charge is 0.137 e. The van der Waals surface area contributed by atoms with Crippen molar-refractivity contribution in [2.45, 2.75) is 6.92 Å². The molecule has 1 nitrogen and oxygen atoms in total. The van der Waals surface area contributed by atoms with Crippen LogP contribution in [0.25, 0.3) is 6.08 Å². The standard InChI is InChI=1S/C16H14BrFO/c1-12-4-2-6-14(10-12)19-9-3-5-13-7-8-16(18)15(17)11-13/h2-8,10-11H,9H2,1H3. The van der Waals surface area contributed by atoms with E-state index in [1.54, 1.807) is 12.1 Å². The highest BCUT2D eigenvalue weighted by Gasteiger charge is 1.97. The molecular formula is C16H14BrFO. The van der Waals surface area contributed by atoms with Gasteiger partial charge < -0.3 is 4.74 Å². The minimum absolute atomic E-state index is 0.256. The Morgan fingerprint density at radius 1 is 1.21 bits per heavy atom. The molecule has 0 spiro atoms. The summed E-state index contributed by atoms with van der Waals surface area (Å²) in [6.45, 7) is 2.51. The third-order valence-electron chi connectivity index (χ3n) is 2.59. The van der Waals surface area contributed by atoms with Crippen LogP contribution in [0.2, 0.25) is 0 Å². The van der Waals surface area contributed by atoms with E-state index >= 15 is 0 Å². The van der Waals surface area contributed by atoms with Gasteiger partial charge in [-0.15, -0.1) is 0 Å². The maximum atomic E-state index is 13.1. The van der Waals surface area contributed by atoms with Gasteiger partial charge in [-0.05, 0) is 64.3 Å². The first-order valence-corrected chi connectivity index (χ1v) is 6.75. The van der Waals surface area contributed by atoms with Crippen molar-refractivity contribution in [2.75, 3.05) is 6.61 Å². The zero-order chi connectivity index (χ0) is 13.7. The Morgan fingerprint density at radius 2 is 2.05 bits per heavy atom. The fraction of sp³-hybridized carbons (Fsp3) is 0.125. The molecule has 0 atom stereocenters. The number of ether oxygens (including phenoxy) is 1. The molecule has 2 aromatic rings. The number of hydrogen-bond donors (Lipinski definition) is 0. The van der Waals surface area contributed by atoms with Crippen LogP contribution in [0, 0.1) is 12.7 Å². The predicted molar refractivity (Wildman–Crippen MR) is 79.8 cm³/mol. The minimum atomic E-state index is -0.256. The van der Waals surface area contributed by atoms with Gasteiger partial charge >= 0.3 is 0 Å². The lowest BCUT2D eigenvalue weighted by Crippen LogP contribution is -1.93. The molecule has 0 N–H and O–H groups in total. The van der Waals surface area contributed by atoms with Crippen molar-refractivity contribution in [1.29, 1.82) is 0 Å². The van der Waals surface area contributed by atoms with Crippen molar-refractivity contribution in [3.8, 4) is 5.75 Å². The summed E-state index contributed by atoms with van der Waals surface area (Å²) < 4.78 is 19.1. The van der Waals surface area contributed by atoms with Gasteiger partial charge in [0.25, 0.3) is 0 Å². The van der Waals surface area contributed by atoms with Crippen LogP contribution in [0.15, 0.2) is 53.0 Å². The molecule has 2 aromatic carbocycles. The number of rotatable bonds is 4. The molecule has 19 heavy (non-hydrogen) atoms. The quantitative estimate of drug-likeness (QED) is 0.771. The van der Waals surface area contributed by atoms with Crippen LogP contribution < -0.4 is 4.74 Å². The average Bonchev–Trinajstić information content (AvgIpc) is 2.39. The Hall–Kier alpha value is -1.61. The van der Waals surface area contributed by atoms with Gasteiger partial charge in [0, 0.05) is 0 Å². The maximum Gasteiger partial charge on any atom is 0.137 e. The van der Waals surface area contributed by atoms with Gasteiger partial charge in [0.05, 0.1) is 4.47 Å². The number of halogens is 2. The summed E-state index contributed by atoms with van der Waals surface area (Å²) in [7, 11) is 0. The molecule has 0 aliphatic rings. The molecule has 0 amide bonds. The zero-order valence-electron chi connectivity index (χ0n) is 10.6. The first kappa shape index (κ1) is 13.8. The number of aryl methyl sites for hydroxylation is 1. The molecule has 0 bridgehead atoms. The molecule has 3 heteroatoms. The van der Waals surface area contributed by atoms with Crippen molar-refractivity contribution in [3.63, 3.8) is 0 Å². The topological polar surface area (TPSA) is 9.23 Å². The van der Waals surface area contributed by atoms with Crippen molar-refractivity contribution in [3.05, 3.63) is 70.0 Å². The first-order valence-electron chi connectivity index (χ1n) is 5.96. The van der Waals surface area contributed by atoms with Crippen molar-refractivity contribution in [1.82, 2.24) is 0 Å². The summed E-state index contributed by atoms with van der Waals surface area (Å²) >= 11 is 3.16. The van der Waals surface area contributed by atoms with Gasteiger partial charge in [0.1, 0.15) is 18.2 Å². The summed E-state index contributed by atoms with van der Waals surface area (Å²) in [5, 5.41) is 0. The predicted octanol–water partition coefficient (Wildman–Crippen LogP) is 4.99. The highest BCUT2D eigenvalue weighted by atomic mass is 79.9. The van der Waals surface area contributed by atoms with Gasteiger partial charge in [-0.25, -0.2) is 4.39 Å². The lowest BCUT2D eigenvalue weighted by Gasteiger charge is -2.03. The van der Waals surface area contributed by atoms with E-state index in [1.165, 1.54) is 11.6 Å². The molecule has 98 valence electrons. The second-order valence-electron chi connectivity index (χ2n) is 4.20. The van der Waals surface area contributed by atoms with Crippen LogP contribution in [-0.4, -0.2) is 6.61 Å². The molecular weight excluding hydrogens is 307 g/mol. The summed E-state index contributed by atoms with van der Waals surface area (Å²) in [5.74, 6) is 0.595. The fourth-order valence-corrected chi connectivity index (χ4v) is 2.05. The van der Waals surface area contributed by atoms with Gasteiger partial charge in [0.2, 0.25) is 0 Å². The van der Waals surface area contributed by atoms with E-state index in [-0.39, 0.29) is 5.82 Å². The third kappa shape index (κ3) is 4.21. The average molecular weight is 321 g/mol. The summed E-state index contributed by atoms with van der Waals surface area (Å²) in [5.41, 5.74) is 2.10. The van der Waals surface area contributed by atoms with E-state index in [0.717, 1.165) is 11.3 Å². The van der Waals surface area contributed by atoms with E-state index in [2.05, 4.69) is 15.9 Å². The van der Waals surface area contributed by atoms with Gasteiger partial charge in [-0.2, -0.15) is 0 Å². The van der Waals surface area contributed by atoms with E-state index in [4.69, 9.17) is 4.74 Å². The normalized spacial score (nSPS) is 10.9. The van der Waals surface area contributed by atoms with Gasteiger partial charge in [0.15, 0.2) is 0 Å². The molecule has 0 unspecified atom stereocenters. The highest BCUT2D eigenvalue weighted by molar-refractivity contribution is 9.10. The number of hydrogen-bond acceptors (Lipinski definition) is 1. The van der Waals surface area contributed by atoms with Crippen LogP contribution in [0.5, 0.6) is 5.75 Å². The molecule has 0 heterocycles. The minimum Gasteiger partial charge on any atom is -0.490 e. The summed E-state index contributed by atoms with van der Waals surface area (Å²) in [6.07, 6.45) is 3.81. The molecule has 0 aliphatic carbocycles. The number of benzene rings is 2. The maximum absolute atomic E-state index is 13.1. The molecule has 0 saturated heterocycles. The second-order valence-corrected chi connectivity index (χ2v) is 5.06. The molecule has 2 rings (SSSR count). The first-order chi connectivity index (χ1) is 9.15. The Kier molecular flexibility index (Phi) is 4.74. The Morgan fingerprint density at radius 3 is 2.79 bits per heavy atom. The van der Waals surface area contributed by atoms with Crippen LogP contribution >= 0.6 is 15.9 Å². The zero-order valence-corrected chi connectivity index (χ0v) is 12.2. The Bertz CT molecular complexity index is 593. The lowest BCUT2D eigenvalue weighted by molar-refractivity contribution is 0.363. The second kappa shape index (κ2) is 6.53. The van der Waals surface area contributed by atoms with Gasteiger partial charge in [-0.3, -0.25) is 0 Å². The van der Waals surface area contributed by atoms with Crippen LogP contribution in [0.1, 0.15) is 11.1 Å². The van der Waals surface area contributed by atoms with E-state index in [1.807, 2.05) is 43.3 Å². The largest absolute Gasteiger partial charge is 0.490 e. The molecule has 0 fully saturated rings. The monoisotopic (exact) mass is 320 g/mol. The van der Waals surface area contributed by atoms with Crippen molar-refractivity contribution < 1.29 is 9.13 Å². The third-order valence-corrected chi connectivity index (χ3v) is 3.20. The Labute approximate surface area is 120 Å². The van der Waals surface area contributed by atoms with E-state index in [0.29, 0.717) is 11.1 Å². The lowest BCUT2D eigenvalue weighted by atomic mass is 10.2. The summed E-state index contributed by atoms with van der Waals surface area (Å²) in [4.78, 5) is 0. The highest BCUT2D eigenvalue weighted by Crippen LogP contribution is 2.17. The van der Waals surface area contributed by atoms with Crippen LogP contribution in [-0.2, 0) is 0 Å². The van der Waals surface area contributed by atoms with Gasteiger partial charge in [-0.1, -0.05) is 24.3 Å². The van der Waals surface area contributed by atoms with Crippen LogP contribution in [0.3, 0.4) is 0 Å². The van der Waals surface area contributed by atoms with E-state index in [9.17, 15) is 4.39 Å². The van der Waals surface area contributed by atoms with Crippen LogP contribution in [0.4, 0.5) is 4.39 Å². The Balaban J connectivity index is 1.91. The summed E-state index contributed by atoms with van der Waals surface area (Å²) in [6, 6.07) is 12.8. The molecule has 0 aromatic heterocycles. The van der Waals surface area contributed by atoms with Crippen molar-refractivity contribution in [2.24, 2.45) is 0 Å². The SMILES string of the molecule is Cc1cccc(OCC=Cc2ccc(F)c(Br)c2)c1. The van der Waals surface area contributed by atoms with Crippen molar-refractivity contribution >= 4 is 22.0 Å². The molecule has 0 saturated carbocycles. The molecule has 0 radical (unpaired) electrons. The van der Waals surface area contributed by atoms with E-state index < -0.39 is 0 Å². The molecule has 0 aliphatic heterocycles. The fourth-order valence-electron chi connectivity index (χ4n) is 1.65.